The van der Waals surface area contributed by atoms with Crippen molar-refractivity contribution >= 4 is 10.0 Å². The van der Waals surface area contributed by atoms with Crippen molar-refractivity contribution in [3.8, 4) is 11.5 Å². The van der Waals surface area contributed by atoms with Crippen molar-refractivity contribution < 1.29 is 17.9 Å². The number of benzene rings is 2. The van der Waals surface area contributed by atoms with Crippen molar-refractivity contribution in [2.24, 2.45) is 5.92 Å². The van der Waals surface area contributed by atoms with Gasteiger partial charge in [-0.3, -0.25) is 4.90 Å². The van der Waals surface area contributed by atoms with Crippen LogP contribution in [0.15, 0.2) is 47.4 Å². The molecule has 6 nitrogen and oxygen atoms in total. The lowest BCUT2D eigenvalue weighted by atomic mass is 9.94. The van der Waals surface area contributed by atoms with Crippen LogP contribution in [0, 0.1) is 5.92 Å². The van der Waals surface area contributed by atoms with Crippen molar-refractivity contribution in [2.75, 3.05) is 40.4 Å². The number of hydrogen-bond acceptors (Lipinski definition) is 5. The third kappa shape index (κ3) is 4.48. The zero-order valence-electron chi connectivity index (χ0n) is 17.7. The van der Waals surface area contributed by atoms with Crippen LogP contribution in [0.2, 0.25) is 0 Å². The van der Waals surface area contributed by atoms with Crippen LogP contribution in [-0.4, -0.2) is 58.0 Å². The first-order chi connectivity index (χ1) is 14.5. The number of piperidine rings is 1. The van der Waals surface area contributed by atoms with Crippen molar-refractivity contribution in [2.45, 2.75) is 30.7 Å². The molecule has 0 spiro atoms. The molecule has 0 N–H and O–H groups in total. The maximum atomic E-state index is 12.9. The predicted octanol–water partition coefficient (Wildman–Crippen LogP) is 3.16. The Bertz CT molecular complexity index is 967. The van der Waals surface area contributed by atoms with Crippen LogP contribution in [0.1, 0.15) is 24.0 Å². The van der Waals surface area contributed by atoms with E-state index in [2.05, 4.69) is 17.0 Å². The minimum Gasteiger partial charge on any atom is -0.497 e. The summed E-state index contributed by atoms with van der Waals surface area (Å²) in [7, 11) is -0.156. The Morgan fingerprint density at radius 3 is 2.23 bits per heavy atom. The molecule has 162 valence electrons. The van der Waals surface area contributed by atoms with Gasteiger partial charge in [0.25, 0.3) is 0 Å². The molecule has 7 heteroatoms. The normalized spacial score (nSPS) is 18.7. The maximum absolute atomic E-state index is 12.9. The molecule has 2 aromatic carbocycles. The molecule has 2 aliphatic rings. The van der Waals surface area contributed by atoms with Gasteiger partial charge < -0.3 is 9.47 Å². The molecule has 0 amide bonds. The average molecular weight is 431 g/mol. The van der Waals surface area contributed by atoms with E-state index in [4.69, 9.17) is 9.47 Å². The van der Waals surface area contributed by atoms with Gasteiger partial charge in [0.2, 0.25) is 10.0 Å². The Morgan fingerprint density at radius 2 is 1.57 bits per heavy atom. The average Bonchev–Trinajstić information content (AvgIpc) is 2.79. The predicted molar refractivity (Wildman–Crippen MR) is 116 cm³/mol. The van der Waals surface area contributed by atoms with Crippen LogP contribution in [-0.2, 0) is 23.0 Å². The molecule has 0 saturated carbocycles. The molecule has 1 saturated heterocycles. The largest absolute Gasteiger partial charge is 0.497 e. The fourth-order valence-corrected chi connectivity index (χ4v) is 5.93. The molecular weight excluding hydrogens is 400 g/mol. The van der Waals surface area contributed by atoms with Gasteiger partial charge in [-0.15, -0.1) is 0 Å². The van der Waals surface area contributed by atoms with E-state index in [1.807, 2.05) is 6.07 Å². The molecule has 0 aliphatic carbocycles. The summed E-state index contributed by atoms with van der Waals surface area (Å²) in [5.41, 5.74) is 2.76. The van der Waals surface area contributed by atoms with Crippen LogP contribution >= 0.6 is 0 Å². The Kier molecular flexibility index (Phi) is 6.32. The standard InChI is InChI=1S/C23H30N2O4S/c1-28-21-5-7-23(8-6-21)30(26,27)25-13-9-18(10-14-25)16-24-12-11-19-15-22(29-2)4-3-20(19)17-24/h3-8,15,18H,9-14,16-17H2,1-2H3. The topological polar surface area (TPSA) is 59.1 Å². The van der Waals surface area contributed by atoms with Gasteiger partial charge in [0.15, 0.2) is 0 Å². The molecule has 30 heavy (non-hydrogen) atoms. The molecule has 1 fully saturated rings. The van der Waals surface area contributed by atoms with E-state index in [0.29, 0.717) is 29.7 Å². The molecule has 0 aromatic heterocycles. The second-order valence-corrected chi connectivity index (χ2v) is 10.1. The molecule has 2 aromatic rings. The first-order valence-corrected chi connectivity index (χ1v) is 12.0. The third-order valence-corrected chi connectivity index (χ3v) is 8.20. The van der Waals surface area contributed by atoms with Gasteiger partial charge >= 0.3 is 0 Å². The molecule has 2 aliphatic heterocycles. The van der Waals surface area contributed by atoms with E-state index in [0.717, 1.165) is 44.6 Å². The SMILES string of the molecule is COc1ccc(S(=O)(=O)N2CCC(CN3CCc4cc(OC)ccc4C3)CC2)cc1. The summed E-state index contributed by atoms with van der Waals surface area (Å²) in [6.07, 6.45) is 2.85. The van der Waals surface area contributed by atoms with Crippen molar-refractivity contribution in [3.05, 3.63) is 53.6 Å². The molecule has 4 rings (SSSR count). The summed E-state index contributed by atoms with van der Waals surface area (Å²) in [6, 6.07) is 13.0. The van der Waals surface area contributed by atoms with Crippen molar-refractivity contribution in [3.63, 3.8) is 0 Å². The third-order valence-electron chi connectivity index (χ3n) is 6.29. The number of methoxy groups -OCH3 is 2. The fraction of sp³-hybridized carbons (Fsp3) is 0.478. The number of hydrogen-bond donors (Lipinski definition) is 0. The van der Waals surface area contributed by atoms with E-state index < -0.39 is 10.0 Å². The highest BCUT2D eigenvalue weighted by atomic mass is 32.2. The summed E-state index contributed by atoms with van der Waals surface area (Å²) in [5, 5.41) is 0. The van der Waals surface area contributed by atoms with Crippen molar-refractivity contribution in [1.82, 2.24) is 9.21 Å². The highest BCUT2D eigenvalue weighted by molar-refractivity contribution is 7.89. The summed E-state index contributed by atoms with van der Waals surface area (Å²) in [4.78, 5) is 2.84. The molecule has 0 bridgehead atoms. The number of sulfonamides is 1. The van der Waals surface area contributed by atoms with Gasteiger partial charge in [-0.25, -0.2) is 8.42 Å². The molecule has 0 unspecified atom stereocenters. The van der Waals surface area contributed by atoms with Crippen molar-refractivity contribution in [1.29, 1.82) is 0 Å². The zero-order valence-corrected chi connectivity index (χ0v) is 18.5. The summed E-state index contributed by atoms with van der Waals surface area (Å²) >= 11 is 0. The van der Waals surface area contributed by atoms with Crippen LogP contribution in [0.25, 0.3) is 0 Å². The monoisotopic (exact) mass is 430 g/mol. The van der Waals surface area contributed by atoms with Gasteiger partial charge in [-0.2, -0.15) is 4.31 Å². The van der Waals surface area contributed by atoms with Gasteiger partial charge in [0, 0.05) is 32.7 Å². The Balaban J connectivity index is 1.32. The van der Waals surface area contributed by atoms with Gasteiger partial charge in [-0.05, 0) is 72.7 Å². The lowest BCUT2D eigenvalue weighted by molar-refractivity contribution is 0.171. The summed E-state index contributed by atoms with van der Waals surface area (Å²) < 4.78 is 38.0. The van der Waals surface area contributed by atoms with Crippen LogP contribution < -0.4 is 9.47 Å². The smallest absolute Gasteiger partial charge is 0.243 e. The van der Waals surface area contributed by atoms with E-state index in [1.54, 1.807) is 42.8 Å². The Morgan fingerprint density at radius 1 is 0.900 bits per heavy atom. The molecular formula is C23H30N2O4S. The maximum Gasteiger partial charge on any atom is 0.243 e. The first-order valence-electron chi connectivity index (χ1n) is 10.5. The quantitative estimate of drug-likeness (QED) is 0.705. The van der Waals surface area contributed by atoms with Gasteiger partial charge in [-0.1, -0.05) is 6.07 Å². The molecule has 2 heterocycles. The van der Waals surface area contributed by atoms with Crippen LogP contribution in [0.3, 0.4) is 0 Å². The summed E-state index contributed by atoms with van der Waals surface area (Å²) in [6.45, 7) is 4.21. The molecule has 0 radical (unpaired) electrons. The van der Waals surface area contributed by atoms with E-state index in [9.17, 15) is 8.42 Å². The molecule has 0 atom stereocenters. The Hall–Kier alpha value is -2.09. The second kappa shape index (κ2) is 8.96. The minimum atomic E-state index is -3.44. The number of nitrogens with zero attached hydrogens (tertiary/aromatic N) is 2. The zero-order chi connectivity index (χ0) is 21.1. The number of ether oxygens (including phenoxy) is 2. The Labute approximate surface area is 179 Å². The second-order valence-electron chi connectivity index (χ2n) is 8.14. The fourth-order valence-electron chi connectivity index (χ4n) is 4.46. The number of fused-ring (bicyclic) bond motifs is 1. The van der Waals surface area contributed by atoms with Gasteiger partial charge in [0.1, 0.15) is 11.5 Å². The number of rotatable bonds is 6. The summed E-state index contributed by atoms with van der Waals surface area (Å²) in [5.74, 6) is 2.12. The van der Waals surface area contributed by atoms with E-state index in [1.165, 1.54) is 11.1 Å². The van der Waals surface area contributed by atoms with Gasteiger partial charge in [0.05, 0.1) is 19.1 Å². The van der Waals surface area contributed by atoms with E-state index in [-0.39, 0.29) is 0 Å². The lowest BCUT2D eigenvalue weighted by Crippen LogP contribution is -2.42. The minimum absolute atomic E-state index is 0.338. The van der Waals surface area contributed by atoms with Crippen LogP contribution in [0.4, 0.5) is 0 Å². The highest BCUT2D eigenvalue weighted by Gasteiger charge is 2.30. The lowest BCUT2D eigenvalue weighted by Gasteiger charge is -2.36. The highest BCUT2D eigenvalue weighted by Crippen LogP contribution is 2.28. The van der Waals surface area contributed by atoms with Crippen LogP contribution in [0.5, 0.6) is 11.5 Å². The van der Waals surface area contributed by atoms with E-state index >= 15 is 0 Å². The first kappa shape index (κ1) is 21.2.